The molecule has 264 valence electrons. The van der Waals surface area contributed by atoms with Crippen LogP contribution in [0.4, 0.5) is 0 Å². The van der Waals surface area contributed by atoms with Crippen molar-refractivity contribution in [1.29, 1.82) is 0 Å². The van der Waals surface area contributed by atoms with Gasteiger partial charge in [-0.2, -0.15) is 11.2 Å². The van der Waals surface area contributed by atoms with Gasteiger partial charge < -0.3 is 13.7 Å². The molecule has 53 heavy (non-hydrogen) atoms. The van der Waals surface area contributed by atoms with Gasteiger partial charge in [0.2, 0.25) is 0 Å². The Balaban J connectivity index is 0.00000400. The van der Waals surface area contributed by atoms with E-state index in [1.54, 1.807) is 0 Å². The number of aryl methyl sites for hydroxylation is 1. The summed E-state index contributed by atoms with van der Waals surface area (Å²) in [4.78, 5) is 4.67. The van der Waals surface area contributed by atoms with Gasteiger partial charge in [0.1, 0.15) is 5.82 Å². The smallest absolute Gasteiger partial charge is 0.503 e. The first kappa shape index (κ1) is 34.7. The van der Waals surface area contributed by atoms with Crippen molar-refractivity contribution in [2.75, 3.05) is 0 Å². The van der Waals surface area contributed by atoms with E-state index in [2.05, 4.69) is 133 Å². The van der Waals surface area contributed by atoms with Crippen molar-refractivity contribution in [3.63, 3.8) is 0 Å². The Morgan fingerprint density at radius 3 is 2.08 bits per heavy atom. The van der Waals surface area contributed by atoms with E-state index >= 15 is 0 Å². The van der Waals surface area contributed by atoms with Gasteiger partial charge in [0, 0.05) is 34.3 Å². The summed E-state index contributed by atoms with van der Waals surface area (Å²) >= 11 is 0. The number of pyridine rings is 2. The van der Waals surface area contributed by atoms with Crippen LogP contribution in [0.25, 0.3) is 66.3 Å². The van der Waals surface area contributed by atoms with Crippen molar-refractivity contribution in [2.24, 2.45) is 11.8 Å². The van der Waals surface area contributed by atoms with Crippen molar-refractivity contribution < 1.29 is 25.8 Å². The number of hydrogen-bond donors (Lipinski definition) is 0. The number of ether oxygens (including phenoxy) is 1. The molecule has 4 aromatic heterocycles. The molecule has 0 unspecified atom stereocenters. The maximum Gasteiger partial charge on any atom is 2.00 e. The first-order valence-corrected chi connectivity index (χ1v) is 18.1. The molecule has 0 saturated heterocycles. The molecule has 0 saturated carbocycles. The molecule has 6 nitrogen and oxygen atoms in total. The Kier molecular flexibility index (Phi) is 9.12. The van der Waals surface area contributed by atoms with E-state index in [1.807, 2.05) is 36.5 Å². The number of benzene rings is 5. The zero-order valence-electron chi connectivity index (χ0n) is 30.4. The summed E-state index contributed by atoms with van der Waals surface area (Å²) in [6, 6.07) is 42.9. The summed E-state index contributed by atoms with van der Waals surface area (Å²) in [6.07, 6.45) is 3.74. The number of nitrogens with zero attached hydrogens (tertiary/aromatic N) is 5. The van der Waals surface area contributed by atoms with Crippen LogP contribution in [0.1, 0.15) is 44.4 Å². The average molecular weight is 873 g/mol. The van der Waals surface area contributed by atoms with E-state index in [4.69, 9.17) is 14.9 Å². The van der Waals surface area contributed by atoms with Crippen LogP contribution < -0.4 is 4.74 Å². The number of hydrogen-bond acceptors (Lipinski definition) is 4. The van der Waals surface area contributed by atoms with Crippen molar-refractivity contribution >= 4 is 49.1 Å². The maximum absolute atomic E-state index is 6.59. The number of fused-ring (bicyclic) bond motifs is 9. The van der Waals surface area contributed by atoms with Gasteiger partial charge in [0.25, 0.3) is 0 Å². The molecule has 4 heterocycles. The monoisotopic (exact) mass is 872 g/mol. The van der Waals surface area contributed by atoms with Crippen LogP contribution in [-0.2, 0) is 33.9 Å². The van der Waals surface area contributed by atoms with Crippen LogP contribution in [0.5, 0.6) is 11.5 Å². The zero-order chi connectivity index (χ0) is 35.5. The summed E-state index contributed by atoms with van der Waals surface area (Å²) in [5, 5.41) is 15.2. The molecule has 9 aromatic rings. The molecule has 0 bridgehead atoms. The van der Waals surface area contributed by atoms with E-state index < -0.39 is 0 Å². The van der Waals surface area contributed by atoms with E-state index in [0.29, 0.717) is 23.3 Å². The second-order valence-corrected chi connectivity index (χ2v) is 14.6. The standard InChI is InChI=1S/C46H39N5O.Pt/c1-28(2)24-31-13-11-14-32(25-29(3)4)44(31)46-49-48-45-38-26-33(20-22-37(38)43-30(5)12-10-17-40(43)51(45)46)52-34-19-21-36-35-15-6-7-16-39(35)50(41(36)27-34)42-18-8-9-23-47-42;/h6-23,28-29H,24-25H2,1-5H3;/q-2;+2. The normalized spacial score (nSPS) is 11.8. The van der Waals surface area contributed by atoms with Gasteiger partial charge >= 0.3 is 21.1 Å². The second kappa shape index (κ2) is 13.9. The minimum absolute atomic E-state index is 0. The molecular formula is C46H39N5OPt. The Bertz CT molecular complexity index is 2770. The van der Waals surface area contributed by atoms with Gasteiger partial charge in [0.05, 0.1) is 5.65 Å². The van der Waals surface area contributed by atoms with Crippen LogP contribution in [0.15, 0.2) is 109 Å². The van der Waals surface area contributed by atoms with E-state index in [1.165, 1.54) is 22.3 Å². The summed E-state index contributed by atoms with van der Waals surface area (Å²) in [6.45, 7) is 11.3. The molecular weight excluding hydrogens is 834 g/mol. The fraction of sp³-hybridized carbons (Fsp3) is 0.196. The molecule has 0 aliphatic carbocycles. The van der Waals surface area contributed by atoms with Crippen LogP contribution >= 0.6 is 0 Å². The predicted octanol–water partition coefficient (Wildman–Crippen LogP) is 11.3. The number of para-hydroxylation sites is 1. The number of rotatable bonds is 8. The first-order chi connectivity index (χ1) is 25.4. The fourth-order valence-electron chi connectivity index (χ4n) is 7.88. The average Bonchev–Trinajstić information content (AvgIpc) is 3.72. The van der Waals surface area contributed by atoms with Crippen LogP contribution in [0.2, 0.25) is 0 Å². The molecule has 7 heteroatoms. The minimum atomic E-state index is 0. The Hall–Kier alpha value is -5.32. The van der Waals surface area contributed by atoms with Crippen molar-refractivity contribution in [1.82, 2.24) is 24.1 Å². The van der Waals surface area contributed by atoms with Gasteiger partial charge in [-0.25, -0.2) is 4.98 Å². The Labute approximate surface area is 323 Å². The SMILES string of the molecule is Cc1cccc2c1c1ccc(Oc3[c-]c4c(cc3)c3ccccc3n4-c3ccccn3)[c-]c1c1nnc(-c3c(CC(C)C)cccc3CC(C)C)n21.[Pt+2]. The molecule has 5 aromatic carbocycles. The molecule has 0 aliphatic heterocycles. The molecule has 0 atom stereocenters. The quantitative estimate of drug-likeness (QED) is 0.113. The molecule has 0 radical (unpaired) electrons. The summed E-state index contributed by atoms with van der Waals surface area (Å²) in [5.74, 6) is 3.89. The molecule has 9 rings (SSSR count). The largest absolute Gasteiger partial charge is 2.00 e. The van der Waals surface area contributed by atoms with E-state index in [9.17, 15) is 0 Å². The summed E-state index contributed by atoms with van der Waals surface area (Å²) in [5.41, 5.74) is 8.81. The van der Waals surface area contributed by atoms with Crippen molar-refractivity contribution in [3.05, 3.63) is 138 Å². The van der Waals surface area contributed by atoms with E-state index in [-0.39, 0.29) is 21.1 Å². The first-order valence-electron chi connectivity index (χ1n) is 18.1. The van der Waals surface area contributed by atoms with Gasteiger partial charge in [-0.15, -0.1) is 34.8 Å². The van der Waals surface area contributed by atoms with Crippen molar-refractivity contribution in [3.8, 4) is 28.7 Å². The fourth-order valence-corrected chi connectivity index (χ4v) is 7.88. The summed E-state index contributed by atoms with van der Waals surface area (Å²) in [7, 11) is 0. The van der Waals surface area contributed by atoms with Crippen molar-refractivity contribution in [2.45, 2.75) is 47.5 Å². The van der Waals surface area contributed by atoms with E-state index in [0.717, 1.165) is 73.6 Å². The predicted molar refractivity (Wildman–Crippen MR) is 212 cm³/mol. The van der Waals surface area contributed by atoms with Crippen LogP contribution in [0, 0.1) is 30.9 Å². The minimum Gasteiger partial charge on any atom is -0.503 e. The van der Waals surface area contributed by atoms with Gasteiger partial charge in [-0.05, 0) is 77.8 Å². The topological polar surface area (TPSA) is 57.2 Å². The third-order valence-electron chi connectivity index (χ3n) is 9.94. The molecule has 0 N–H and O–H groups in total. The Morgan fingerprint density at radius 1 is 0.660 bits per heavy atom. The molecule has 0 aliphatic rings. The van der Waals surface area contributed by atoms with Crippen LogP contribution in [0.3, 0.4) is 0 Å². The third kappa shape index (κ3) is 5.99. The number of aromatic nitrogens is 5. The summed E-state index contributed by atoms with van der Waals surface area (Å²) < 4.78 is 11.0. The van der Waals surface area contributed by atoms with Crippen LogP contribution in [-0.4, -0.2) is 24.1 Å². The molecule has 0 fully saturated rings. The molecule has 0 spiro atoms. The second-order valence-electron chi connectivity index (χ2n) is 14.6. The molecule has 0 amide bonds. The Morgan fingerprint density at radius 2 is 1.34 bits per heavy atom. The zero-order valence-corrected chi connectivity index (χ0v) is 32.7. The van der Waals surface area contributed by atoms with Gasteiger partial charge in [0.15, 0.2) is 5.82 Å². The third-order valence-corrected chi connectivity index (χ3v) is 9.94. The van der Waals surface area contributed by atoms with Gasteiger partial charge in [-0.3, -0.25) is 0 Å². The maximum atomic E-state index is 6.59. The van der Waals surface area contributed by atoms with Gasteiger partial charge in [-0.1, -0.05) is 110 Å².